The van der Waals surface area contributed by atoms with Crippen molar-refractivity contribution in [2.24, 2.45) is 0 Å². The number of amides is 1. The molecule has 1 heterocycles. The van der Waals surface area contributed by atoms with Gasteiger partial charge in [0.05, 0.1) is 0 Å². The monoisotopic (exact) mass is 236 g/mol. The highest BCUT2D eigenvalue weighted by molar-refractivity contribution is 5.83. The lowest BCUT2D eigenvalue weighted by atomic mass is 10.1. The predicted molar refractivity (Wildman–Crippen MR) is 68.2 cm³/mol. The van der Waals surface area contributed by atoms with Gasteiger partial charge in [0.15, 0.2) is 0 Å². The number of rotatable bonds is 2. The molecule has 0 saturated carbocycles. The van der Waals surface area contributed by atoms with E-state index in [1.165, 1.54) is 0 Å². The summed E-state index contributed by atoms with van der Waals surface area (Å²) in [4.78, 5) is 15.6. The average molecular weight is 236 g/mol. The van der Waals surface area contributed by atoms with E-state index < -0.39 is 11.7 Å². The molecule has 1 aromatic heterocycles. The zero-order chi connectivity index (χ0) is 13.1. The van der Waals surface area contributed by atoms with Gasteiger partial charge >= 0.3 is 6.09 Å². The summed E-state index contributed by atoms with van der Waals surface area (Å²) in [6, 6.07) is 3.79. The van der Waals surface area contributed by atoms with E-state index in [4.69, 9.17) is 4.74 Å². The fourth-order valence-electron chi connectivity index (χ4n) is 1.28. The molecule has 94 valence electrons. The zero-order valence-electron chi connectivity index (χ0n) is 11.1. The normalized spacial score (nSPS) is 11.4. The molecule has 0 aliphatic rings. The molecule has 0 saturated heterocycles. The van der Waals surface area contributed by atoms with Crippen LogP contribution in [0.25, 0.3) is 0 Å². The summed E-state index contributed by atoms with van der Waals surface area (Å²) >= 11 is 0. The zero-order valence-corrected chi connectivity index (χ0v) is 11.1. The van der Waals surface area contributed by atoms with E-state index in [9.17, 15) is 4.79 Å². The Bertz CT molecular complexity index is 395. The van der Waals surface area contributed by atoms with E-state index in [0.717, 1.165) is 5.56 Å². The van der Waals surface area contributed by atoms with Gasteiger partial charge in [-0.2, -0.15) is 0 Å². The number of aromatic nitrogens is 1. The molecular weight excluding hydrogens is 216 g/mol. The van der Waals surface area contributed by atoms with Crippen LogP contribution in [0.1, 0.15) is 46.1 Å². The molecule has 0 spiro atoms. The number of carbonyl (C=O) groups excluding carboxylic acids is 1. The number of carbonyl (C=O) groups is 1. The fraction of sp³-hybridized carbons (Fsp3) is 0.538. The van der Waals surface area contributed by atoms with Gasteiger partial charge in [-0.3, -0.25) is 5.32 Å². The Hall–Kier alpha value is -1.58. The van der Waals surface area contributed by atoms with Crippen molar-refractivity contribution in [3.63, 3.8) is 0 Å². The van der Waals surface area contributed by atoms with Gasteiger partial charge in [-0.05, 0) is 44.4 Å². The van der Waals surface area contributed by atoms with E-state index in [1.807, 2.05) is 32.9 Å². The van der Waals surface area contributed by atoms with Crippen LogP contribution in [0.2, 0.25) is 0 Å². The first-order valence-corrected chi connectivity index (χ1v) is 5.74. The van der Waals surface area contributed by atoms with Crippen LogP contribution in [-0.2, 0) is 4.74 Å². The maximum atomic E-state index is 11.5. The van der Waals surface area contributed by atoms with Gasteiger partial charge in [0.1, 0.15) is 11.4 Å². The SMILES string of the molecule is CC(C)c1ccnc(NC(=O)OC(C)(C)C)c1. The van der Waals surface area contributed by atoms with Gasteiger partial charge in [-0.25, -0.2) is 9.78 Å². The predicted octanol–water partition coefficient (Wildman–Crippen LogP) is 3.55. The molecule has 0 bridgehead atoms. The average Bonchev–Trinajstić information content (AvgIpc) is 2.14. The highest BCUT2D eigenvalue weighted by atomic mass is 16.6. The largest absolute Gasteiger partial charge is 0.444 e. The van der Waals surface area contributed by atoms with Crippen LogP contribution in [0.5, 0.6) is 0 Å². The summed E-state index contributed by atoms with van der Waals surface area (Å²) in [7, 11) is 0. The third kappa shape index (κ3) is 4.85. The van der Waals surface area contributed by atoms with Crippen LogP contribution in [0.15, 0.2) is 18.3 Å². The third-order valence-corrected chi connectivity index (χ3v) is 2.08. The van der Waals surface area contributed by atoms with E-state index >= 15 is 0 Å². The summed E-state index contributed by atoms with van der Waals surface area (Å²) in [5.74, 6) is 0.919. The second-order valence-electron chi connectivity index (χ2n) is 5.26. The quantitative estimate of drug-likeness (QED) is 0.854. The lowest BCUT2D eigenvalue weighted by Crippen LogP contribution is -2.27. The van der Waals surface area contributed by atoms with E-state index in [2.05, 4.69) is 24.1 Å². The first-order chi connectivity index (χ1) is 7.78. The molecule has 0 radical (unpaired) electrons. The van der Waals surface area contributed by atoms with Crippen LogP contribution in [-0.4, -0.2) is 16.7 Å². The first-order valence-electron chi connectivity index (χ1n) is 5.74. The maximum Gasteiger partial charge on any atom is 0.413 e. The molecule has 1 rings (SSSR count). The summed E-state index contributed by atoms with van der Waals surface area (Å²) in [6.45, 7) is 9.65. The minimum atomic E-state index is -0.500. The van der Waals surface area contributed by atoms with Gasteiger partial charge in [0.25, 0.3) is 0 Å². The molecule has 17 heavy (non-hydrogen) atoms. The summed E-state index contributed by atoms with van der Waals surface area (Å²) in [5, 5.41) is 2.62. The molecule has 0 fully saturated rings. The van der Waals surface area contributed by atoms with Crippen LogP contribution in [0.4, 0.5) is 10.6 Å². The molecule has 0 aliphatic heterocycles. The minimum Gasteiger partial charge on any atom is -0.444 e. The van der Waals surface area contributed by atoms with Gasteiger partial charge in [0.2, 0.25) is 0 Å². The van der Waals surface area contributed by atoms with Crippen molar-refractivity contribution in [1.29, 1.82) is 0 Å². The van der Waals surface area contributed by atoms with Crippen molar-refractivity contribution in [2.45, 2.75) is 46.1 Å². The Morgan fingerprint density at radius 3 is 2.59 bits per heavy atom. The van der Waals surface area contributed by atoms with Gasteiger partial charge in [-0.15, -0.1) is 0 Å². The van der Waals surface area contributed by atoms with Gasteiger partial charge in [0, 0.05) is 6.20 Å². The summed E-state index contributed by atoms with van der Waals surface area (Å²) < 4.78 is 5.15. The number of nitrogens with one attached hydrogen (secondary N) is 1. The van der Waals surface area contributed by atoms with Crippen LogP contribution < -0.4 is 5.32 Å². The van der Waals surface area contributed by atoms with E-state index in [-0.39, 0.29) is 0 Å². The Kier molecular flexibility index (Phi) is 4.10. The number of hydrogen-bond donors (Lipinski definition) is 1. The second-order valence-corrected chi connectivity index (χ2v) is 5.26. The molecule has 0 aromatic carbocycles. The Morgan fingerprint density at radius 1 is 1.41 bits per heavy atom. The Morgan fingerprint density at radius 2 is 2.06 bits per heavy atom. The maximum absolute atomic E-state index is 11.5. The second kappa shape index (κ2) is 5.17. The minimum absolute atomic E-state index is 0.400. The number of nitrogens with zero attached hydrogens (tertiary/aromatic N) is 1. The van der Waals surface area contributed by atoms with E-state index in [0.29, 0.717) is 11.7 Å². The molecule has 0 unspecified atom stereocenters. The molecular formula is C13H20N2O2. The van der Waals surface area contributed by atoms with Gasteiger partial charge < -0.3 is 4.74 Å². The third-order valence-electron chi connectivity index (χ3n) is 2.08. The molecule has 4 nitrogen and oxygen atoms in total. The Balaban J connectivity index is 2.69. The summed E-state index contributed by atoms with van der Waals surface area (Å²) in [6.07, 6.45) is 1.20. The Labute approximate surface area is 102 Å². The van der Waals surface area contributed by atoms with Gasteiger partial charge in [-0.1, -0.05) is 13.8 Å². The van der Waals surface area contributed by atoms with Crippen molar-refractivity contribution in [2.75, 3.05) is 5.32 Å². The standard InChI is InChI=1S/C13H20N2O2/c1-9(2)10-6-7-14-11(8-10)15-12(16)17-13(3,4)5/h6-9H,1-5H3,(H,14,15,16). The van der Waals surface area contributed by atoms with Crippen LogP contribution >= 0.6 is 0 Å². The van der Waals surface area contributed by atoms with Crippen LogP contribution in [0, 0.1) is 0 Å². The lowest BCUT2D eigenvalue weighted by molar-refractivity contribution is 0.0635. The number of pyridine rings is 1. The molecule has 0 aliphatic carbocycles. The van der Waals surface area contributed by atoms with Crippen molar-refractivity contribution < 1.29 is 9.53 Å². The topological polar surface area (TPSA) is 51.2 Å². The number of ether oxygens (including phenoxy) is 1. The molecule has 1 aromatic rings. The van der Waals surface area contributed by atoms with E-state index in [1.54, 1.807) is 6.20 Å². The van der Waals surface area contributed by atoms with Crippen molar-refractivity contribution in [1.82, 2.24) is 4.98 Å². The van der Waals surface area contributed by atoms with Crippen molar-refractivity contribution in [3.8, 4) is 0 Å². The molecule has 4 heteroatoms. The molecule has 1 amide bonds. The summed E-state index contributed by atoms with van der Waals surface area (Å²) in [5.41, 5.74) is 0.630. The molecule has 1 N–H and O–H groups in total. The van der Waals surface area contributed by atoms with Crippen LogP contribution in [0.3, 0.4) is 0 Å². The first kappa shape index (κ1) is 13.5. The molecule has 0 atom stereocenters. The van der Waals surface area contributed by atoms with Crippen molar-refractivity contribution >= 4 is 11.9 Å². The number of anilines is 1. The lowest BCUT2D eigenvalue weighted by Gasteiger charge is -2.19. The fourth-order valence-corrected chi connectivity index (χ4v) is 1.28. The van der Waals surface area contributed by atoms with Crippen molar-refractivity contribution in [3.05, 3.63) is 23.9 Å². The number of hydrogen-bond acceptors (Lipinski definition) is 3. The highest BCUT2D eigenvalue weighted by Gasteiger charge is 2.16. The smallest absolute Gasteiger partial charge is 0.413 e. The highest BCUT2D eigenvalue weighted by Crippen LogP contribution is 2.17.